The molecule has 0 aromatic heterocycles. The number of benzene rings is 2. The highest BCUT2D eigenvalue weighted by Crippen LogP contribution is 2.20. The molecule has 0 radical (unpaired) electrons. The predicted octanol–water partition coefficient (Wildman–Crippen LogP) is 3.31. The Hall–Kier alpha value is -2.94. The molecule has 2 N–H and O–H groups in total. The minimum Gasteiger partial charge on any atom is -0.350 e. The number of anilines is 1. The van der Waals surface area contributed by atoms with Crippen LogP contribution in [0.1, 0.15) is 37.0 Å². The van der Waals surface area contributed by atoms with Gasteiger partial charge in [-0.3, -0.25) is 19.6 Å². The molecule has 2 rings (SSSR count). The van der Waals surface area contributed by atoms with Crippen molar-refractivity contribution >= 4 is 27.3 Å². The molecule has 0 spiro atoms. The molecular weight excluding hydrogens is 370 g/mol. The van der Waals surface area contributed by atoms with Gasteiger partial charge in [0.05, 0.1) is 9.82 Å². The third kappa shape index (κ3) is 5.52. The Morgan fingerprint density at radius 2 is 1.85 bits per heavy atom. The molecule has 1 atom stereocenters. The molecular formula is C18H21N3O5S. The third-order valence-corrected chi connectivity index (χ3v) is 5.22. The highest BCUT2D eigenvalue weighted by Gasteiger charge is 2.18. The number of hydrogen-bond acceptors (Lipinski definition) is 5. The molecule has 9 heteroatoms. The highest BCUT2D eigenvalue weighted by atomic mass is 32.2. The van der Waals surface area contributed by atoms with Crippen LogP contribution in [-0.2, 0) is 10.0 Å². The lowest BCUT2D eigenvalue weighted by Gasteiger charge is -2.13. The summed E-state index contributed by atoms with van der Waals surface area (Å²) in [5.74, 6) is -0.232. The van der Waals surface area contributed by atoms with Gasteiger partial charge in [-0.1, -0.05) is 19.4 Å². The summed E-state index contributed by atoms with van der Waals surface area (Å²) in [7, 11) is -3.98. The Labute approximate surface area is 157 Å². The van der Waals surface area contributed by atoms with E-state index in [2.05, 4.69) is 10.0 Å². The number of carbonyl (C=O) groups excluding carboxylic acids is 1. The van der Waals surface area contributed by atoms with Crippen LogP contribution < -0.4 is 10.0 Å². The number of nitrogens with one attached hydrogen (secondary N) is 2. The van der Waals surface area contributed by atoms with E-state index < -0.39 is 14.9 Å². The Morgan fingerprint density at radius 1 is 1.19 bits per heavy atom. The summed E-state index contributed by atoms with van der Waals surface area (Å²) in [5, 5.41) is 13.7. The van der Waals surface area contributed by atoms with Crippen molar-refractivity contribution in [2.24, 2.45) is 0 Å². The average Bonchev–Trinajstić information content (AvgIpc) is 2.62. The van der Waals surface area contributed by atoms with Crippen molar-refractivity contribution in [3.63, 3.8) is 0 Å². The fourth-order valence-electron chi connectivity index (χ4n) is 2.48. The van der Waals surface area contributed by atoms with Crippen LogP contribution >= 0.6 is 0 Å². The first-order valence-electron chi connectivity index (χ1n) is 8.41. The molecule has 0 heterocycles. The van der Waals surface area contributed by atoms with Gasteiger partial charge in [-0.15, -0.1) is 0 Å². The molecule has 0 saturated heterocycles. The van der Waals surface area contributed by atoms with Gasteiger partial charge in [-0.05, 0) is 43.7 Å². The molecule has 0 saturated carbocycles. The van der Waals surface area contributed by atoms with Gasteiger partial charge in [0.25, 0.3) is 21.6 Å². The maximum absolute atomic E-state index is 12.4. The zero-order valence-electron chi connectivity index (χ0n) is 15.0. The Balaban J connectivity index is 2.12. The van der Waals surface area contributed by atoms with Crippen LogP contribution in [0.25, 0.3) is 0 Å². The molecule has 8 nitrogen and oxygen atoms in total. The summed E-state index contributed by atoms with van der Waals surface area (Å²) >= 11 is 0. The van der Waals surface area contributed by atoms with Crippen molar-refractivity contribution in [3.05, 3.63) is 64.2 Å². The van der Waals surface area contributed by atoms with E-state index in [1.165, 1.54) is 42.5 Å². The van der Waals surface area contributed by atoms with Crippen molar-refractivity contribution in [2.45, 2.75) is 37.6 Å². The molecule has 2 aromatic carbocycles. The molecule has 0 aliphatic carbocycles. The molecule has 0 aliphatic heterocycles. The van der Waals surface area contributed by atoms with Crippen LogP contribution in [0.15, 0.2) is 53.4 Å². The van der Waals surface area contributed by atoms with E-state index in [1.54, 1.807) is 0 Å². The van der Waals surface area contributed by atoms with Crippen LogP contribution in [0.2, 0.25) is 0 Å². The fourth-order valence-corrected chi connectivity index (χ4v) is 3.58. The molecule has 0 aliphatic rings. The minimum atomic E-state index is -3.98. The smallest absolute Gasteiger partial charge is 0.270 e. The van der Waals surface area contributed by atoms with Crippen molar-refractivity contribution in [2.75, 3.05) is 4.72 Å². The highest BCUT2D eigenvalue weighted by molar-refractivity contribution is 7.92. The fraction of sp³-hybridized carbons (Fsp3) is 0.278. The molecule has 0 fully saturated rings. The van der Waals surface area contributed by atoms with E-state index in [0.717, 1.165) is 18.9 Å². The second-order valence-corrected chi connectivity index (χ2v) is 7.78. The summed E-state index contributed by atoms with van der Waals surface area (Å²) in [4.78, 5) is 22.1. The summed E-state index contributed by atoms with van der Waals surface area (Å²) in [6, 6.07) is 10.8. The van der Waals surface area contributed by atoms with Crippen molar-refractivity contribution in [1.29, 1.82) is 0 Å². The molecule has 1 amide bonds. The third-order valence-electron chi connectivity index (χ3n) is 3.84. The number of hydrogen-bond donors (Lipinski definition) is 2. The van der Waals surface area contributed by atoms with Gasteiger partial charge >= 0.3 is 0 Å². The summed E-state index contributed by atoms with van der Waals surface area (Å²) in [6.45, 7) is 3.95. The minimum absolute atomic E-state index is 0.0505. The van der Waals surface area contributed by atoms with Crippen LogP contribution in [0, 0.1) is 10.1 Å². The van der Waals surface area contributed by atoms with Gasteiger partial charge in [0.1, 0.15) is 0 Å². The molecule has 1 unspecified atom stereocenters. The summed E-state index contributed by atoms with van der Waals surface area (Å²) in [6.07, 6.45) is 1.83. The monoisotopic (exact) mass is 391 g/mol. The van der Waals surface area contributed by atoms with Gasteiger partial charge in [0.15, 0.2) is 0 Å². The number of amides is 1. The summed E-state index contributed by atoms with van der Waals surface area (Å²) in [5.41, 5.74) is 0.349. The number of carbonyl (C=O) groups is 1. The van der Waals surface area contributed by atoms with E-state index in [4.69, 9.17) is 0 Å². The van der Waals surface area contributed by atoms with Crippen LogP contribution in [0.4, 0.5) is 11.4 Å². The lowest BCUT2D eigenvalue weighted by Crippen LogP contribution is -2.32. The lowest BCUT2D eigenvalue weighted by atomic mass is 10.1. The first kappa shape index (κ1) is 20.4. The quantitative estimate of drug-likeness (QED) is 0.528. The normalized spacial score (nSPS) is 12.2. The number of nitrogens with zero attached hydrogens (tertiary/aromatic N) is 1. The van der Waals surface area contributed by atoms with Gasteiger partial charge in [0, 0.05) is 29.4 Å². The number of rotatable bonds is 8. The van der Waals surface area contributed by atoms with Crippen LogP contribution in [-0.4, -0.2) is 25.3 Å². The van der Waals surface area contributed by atoms with Crippen molar-refractivity contribution < 1.29 is 18.1 Å². The SMILES string of the molecule is CCCC(C)NC(=O)c1ccc(NS(=O)(=O)c2cccc([N+](=O)[O-])c2)cc1. The first-order valence-corrected chi connectivity index (χ1v) is 9.89. The van der Waals surface area contributed by atoms with Crippen molar-refractivity contribution in [1.82, 2.24) is 5.32 Å². The molecule has 0 bridgehead atoms. The maximum Gasteiger partial charge on any atom is 0.270 e. The number of non-ortho nitro benzene ring substituents is 1. The second kappa shape index (κ2) is 8.63. The zero-order valence-corrected chi connectivity index (χ0v) is 15.8. The van der Waals surface area contributed by atoms with Gasteiger partial charge in [0.2, 0.25) is 0 Å². The number of sulfonamides is 1. The van der Waals surface area contributed by atoms with E-state index in [-0.39, 0.29) is 28.2 Å². The Kier molecular flexibility index (Phi) is 6.51. The largest absolute Gasteiger partial charge is 0.350 e. The van der Waals surface area contributed by atoms with Gasteiger partial charge < -0.3 is 5.32 Å². The van der Waals surface area contributed by atoms with E-state index in [0.29, 0.717) is 5.56 Å². The Bertz CT molecular complexity index is 926. The van der Waals surface area contributed by atoms with Crippen LogP contribution in [0.5, 0.6) is 0 Å². The van der Waals surface area contributed by atoms with Gasteiger partial charge in [-0.25, -0.2) is 8.42 Å². The molecule has 27 heavy (non-hydrogen) atoms. The van der Waals surface area contributed by atoms with Gasteiger partial charge in [-0.2, -0.15) is 0 Å². The molecule has 144 valence electrons. The summed E-state index contributed by atoms with van der Waals surface area (Å²) < 4.78 is 27.1. The number of nitro benzene ring substituents is 1. The lowest BCUT2D eigenvalue weighted by molar-refractivity contribution is -0.385. The standard InChI is InChI=1S/C18H21N3O5S/c1-3-5-13(2)19-18(22)14-8-10-15(11-9-14)20-27(25,26)17-7-4-6-16(12-17)21(23)24/h4,6-13,20H,3,5H2,1-2H3,(H,19,22). The van der Waals surface area contributed by atoms with E-state index >= 15 is 0 Å². The first-order chi connectivity index (χ1) is 12.7. The van der Waals surface area contributed by atoms with E-state index in [1.807, 2.05) is 13.8 Å². The second-order valence-electron chi connectivity index (χ2n) is 6.10. The zero-order chi connectivity index (χ0) is 20.0. The van der Waals surface area contributed by atoms with E-state index in [9.17, 15) is 23.3 Å². The molecule has 2 aromatic rings. The van der Waals surface area contributed by atoms with Crippen molar-refractivity contribution in [3.8, 4) is 0 Å². The maximum atomic E-state index is 12.4. The van der Waals surface area contributed by atoms with Crippen LogP contribution in [0.3, 0.4) is 0 Å². The topological polar surface area (TPSA) is 118 Å². The average molecular weight is 391 g/mol. The Morgan fingerprint density at radius 3 is 2.44 bits per heavy atom. The predicted molar refractivity (Wildman–Crippen MR) is 102 cm³/mol. The number of nitro groups is 1.